The fourth-order valence-electron chi connectivity index (χ4n) is 0.607. The Morgan fingerprint density at radius 3 is 1.60 bits per heavy atom. The van der Waals surface area contributed by atoms with Gasteiger partial charge >= 0.3 is 12.4 Å². The van der Waals surface area contributed by atoms with Gasteiger partial charge < -0.3 is 4.74 Å². The van der Waals surface area contributed by atoms with E-state index in [4.69, 9.17) is 0 Å². The molecule has 0 fully saturated rings. The SMILES string of the molecule is CC(C)O/C(=C(/Cl)C(F)(F)F)C(F)(F)F. The van der Waals surface area contributed by atoms with Gasteiger partial charge in [-0.15, -0.1) is 0 Å². The molecule has 0 spiro atoms. The van der Waals surface area contributed by atoms with E-state index in [2.05, 4.69) is 16.3 Å². The van der Waals surface area contributed by atoms with Gasteiger partial charge in [-0.25, -0.2) is 0 Å². The van der Waals surface area contributed by atoms with Crippen molar-refractivity contribution in [2.45, 2.75) is 32.3 Å². The van der Waals surface area contributed by atoms with Gasteiger partial charge in [-0.1, -0.05) is 11.6 Å². The fourth-order valence-corrected chi connectivity index (χ4v) is 0.759. The molecular weight excluding hydrogens is 250 g/mol. The summed E-state index contributed by atoms with van der Waals surface area (Å²) in [4.78, 5) is 0. The summed E-state index contributed by atoms with van der Waals surface area (Å²) in [5.41, 5.74) is 0. The third-order valence-corrected chi connectivity index (χ3v) is 1.45. The molecule has 0 atom stereocenters. The van der Waals surface area contributed by atoms with Crippen molar-refractivity contribution in [2.24, 2.45) is 0 Å². The number of allylic oxidation sites excluding steroid dienone is 2. The first-order valence-electron chi connectivity index (χ1n) is 3.67. The van der Waals surface area contributed by atoms with Gasteiger partial charge in [0, 0.05) is 0 Å². The topological polar surface area (TPSA) is 9.23 Å². The maximum absolute atomic E-state index is 12.1. The van der Waals surface area contributed by atoms with Crippen LogP contribution in [-0.4, -0.2) is 18.5 Å². The Labute approximate surface area is 86.6 Å². The average Bonchev–Trinajstić information content (AvgIpc) is 1.94. The molecule has 0 saturated heterocycles. The van der Waals surface area contributed by atoms with Crippen molar-refractivity contribution in [3.8, 4) is 0 Å². The largest absolute Gasteiger partial charge is 0.485 e. The second-order valence-corrected chi connectivity index (χ2v) is 3.18. The highest BCUT2D eigenvalue weighted by Crippen LogP contribution is 2.39. The first kappa shape index (κ1) is 14.4. The van der Waals surface area contributed by atoms with E-state index in [1.807, 2.05) is 0 Å². The van der Waals surface area contributed by atoms with Crippen molar-refractivity contribution in [2.75, 3.05) is 0 Å². The molecule has 0 N–H and O–H groups in total. The maximum atomic E-state index is 12.1. The number of hydrogen-bond acceptors (Lipinski definition) is 1. The molecule has 0 unspecified atom stereocenters. The number of ether oxygens (including phenoxy) is 1. The smallest absolute Gasteiger partial charge is 0.450 e. The van der Waals surface area contributed by atoms with Crippen LogP contribution in [0.15, 0.2) is 10.8 Å². The average molecular weight is 257 g/mol. The van der Waals surface area contributed by atoms with E-state index in [9.17, 15) is 26.3 Å². The van der Waals surface area contributed by atoms with Crippen LogP contribution in [0.3, 0.4) is 0 Å². The number of alkyl halides is 6. The minimum Gasteiger partial charge on any atom is -0.485 e. The minimum absolute atomic E-state index is 1.06. The zero-order chi connectivity index (χ0) is 12.4. The van der Waals surface area contributed by atoms with Gasteiger partial charge in [0.2, 0.25) is 5.76 Å². The van der Waals surface area contributed by atoms with Crippen molar-refractivity contribution in [1.29, 1.82) is 0 Å². The quantitative estimate of drug-likeness (QED) is 0.536. The Kier molecular flexibility index (Phi) is 4.33. The summed E-state index contributed by atoms with van der Waals surface area (Å²) in [6.07, 6.45) is -11.6. The maximum Gasteiger partial charge on any atom is 0.450 e. The van der Waals surface area contributed by atoms with Crippen molar-refractivity contribution >= 4 is 11.6 Å². The highest BCUT2D eigenvalue weighted by atomic mass is 35.5. The predicted octanol–water partition coefficient (Wildman–Crippen LogP) is 3.99. The lowest BCUT2D eigenvalue weighted by atomic mass is 10.4. The second-order valence-electron chi connectivity index (χ2n) is 2.81. The minimum atomic E-state index is -5.28. The van der Waals surface area contributed by atoms with E-state index in [0.717, 1.165) is 13.8 Å². The van der Waals surface area contributed by atoms with Crippen LogP contribution in [0.5, 0.6) is 0 Å². The summed E-state index contributed by atoms with van der Waals surface area (Å²) in [6.45, 7) is 2.32. The van der Waals surface area contributed by atoms with Crippen LogP contribution >= 0.6 is 11.6 Å². The van der Waals surface area contributed by atoms with E-state index in [1.165, 1.54) is 0 Å². The normalized spacial score (nSPS) is 15.3. The lowest BCUT2D eigenvalue weighted by molar-refractivity contribution is -0.149. The Morgan fingerprint density at radius 1 is 1.00 bits per heavy atom. The highest BCUT2D eigenvalue weighted by Gasteiger charge is 2.47. The molecule has 0 heterocycles. The zero-order valence-corrected chi connectivity index (χ0v) is 8.39. The van der Waals surface area contributed by atoms with E-state index in [0.29, 0.717) is 0 Å². The first-order chi connectivity index (χ1) is 6.46. The molecular formula is C7H7ClF6O. The van der Waals surface area contributed by atoms with Gasteiger partial charge in [0.15, 0.2) is 5.03 Å². The molecule has 15 heavy (non-hydrogen) atoms. The molecule has 0 amide bonds. The highest BCUT2D eigenvalue weighted by molar-refractivity contribution is 6.30. The van der Waals surface area contributed by atoms with Gasteiger partial charge in [0.25, 0.3) is 0 Å². The van der Waals surface area contributed by atoms with Crippen molar-refractivity contribution in [3.05, 3.63) is 10.8 Å². The Morgan fingerprint density at radius 2 is 1.40 bits per heavy atom. The summed E-state index contributed by atoms with van der Waals surface area (Å²) in [5, 5.41) is -2.30. The van der Waals surface area contributed by atoms with Crippen molar-refractivity contribution in [1.82, 2.24) is 0 Å². The summed E-state index contributed by atoms with van der Waals surface area (Å²) in [6, 6.07) is 0. The molecule has 0 aromatic carbocycles. The third kappa shape index (κ3) is 4.63. The molecule has 0 bridgehead atoms. The summed E-state index contributed by atoms with van der Waals surface area (Å²) in [7, 11) is 0. The lowest BCUT2D eigenvalue weighted by Gasteiger charge is -2.18. The van der Waals surface area contributed by atoms with Gasteiger partial charge in [-0.3, -0.25) is 0 Å². The molecule has 0 aromatic rings. The molecule has 0 aliphatic heterocycles. The van der Waals surface area contributed by atoms with Crippen LogP contribution in [0.1, 0.15) is 13.8 Å². The fraction of sp³-hybridized carbons (Fsp3) is 0.714. The van der Waals surface area contributed by atoms with Gasteiger partial charge in [-0.05, 0) is 13.8 Å². The molecule has 0 aromatic heterocycles. The Bertz CT molecular complexity index is 251. The predicted molar refractivity (Wildman–Crippen MR) is 41.2 cm³/mol. The monoisotopic (exact) mass is 256 g/mol. The van der Waals surface area contributed by atoms with Crippen LogP contribution < -0.4 is 0 Å². The Balaban J connectivity index is 5.28. The first-order valence-corrected chi connectivity index (χ1v) is 4.05. The molecule has 8 heteroatoms. The summed E-state index contributed by atoms with van der Waals surface area (Å²) >= 11 is 4.56. The van der Waals surface area contributed by atoms with Gasteiger partial charge in [0.05, 0.1) is 6.10 Å². The summed E-state index contributed by atoms with van der Waals surface area (Å²) in [5.74, 6) is -2.22. The molecule has 0 saturated carbocycles. The van der Waals surface area contributed by atoms with Crippen LogP contribution in [0.2, 0.25) is 0 Å². The third-order valence-electron chi connectivity index (χ3n) is 1.06. The van der Waals surface area contributed by atoms with E-state index >= 15 is 0 Å². The number of hydrogen-bond donors (Lipinski definition) is 0. The molecule has 0 aliphatic rings. The summed E-state index contributed by atoms with van der Waals surface area (Å²) < 4.78 is 76.0. The van der Waals surface area contributed by atoms with Crippen LogP contribution in [0, 0.1) is 0 Å². The Hall–Kier alpha value is -0.590. The van der Waals surface area contributed by atoms with Crippen LogP contribution in [-0.2, 0) is 4.74 Å². The standard InChI is InChI=1S/C7H7ClF6O/c1-3(2)15-5(7(12,13)14)4(8)6(9,10)11/h3H,1-2H3/b5-4+. The van der Waals surface area contributed by atoms with E-state index in [1.54, 1.807) is 0 Å². The van der Waals surface area contributed by atoms with Gasteiger partial charge in [-0.2, -0.15) is 26.3 Å². The van der Waals surface area contributed by atoms with Crippen LogP contribution in [0.4, 0.5) is 26.3 Å². The number of halogens is 7. The van der Waals surface area contributed by atoms with Gasteiger partial charge in [0.1, 0.15) is 0 Å². The van der Waals surface area contributed by atoms with Crippen molar-refractivity contribution < 1.29 is 31.1 Å². The lowest BCUT2D eigenvalue weighted by Crippen LogP contribution is -2.24. The molecule has 0 rings (SSSR count). The second kappa shape index (κ2) is 4.51. The zero-order valence-electron chi connectivity index (χ0n) is 7.63. The van der Waals surface area contributed by atoms with Crippen LogP contribution in [0.25, 0.3) is 0 Å². The van der Waals surface area contributed by atoms with Crippen molar-refractivity contribution in [3.63, 3.8) is 0 Å². The van der Waals surface area contributed by atoms with E-state index in [-0.39, 0.29) is 0 Å². The molecule has 90 valence electrons. The molecule has 0 radical (unpaired) electrons. The number of rotatable bonds is 2. The van der Waals surface area contributed by atoms with E-state index < -0.39 is 29.2 Å². The molecule has 1 nitrogen and oxygen atoms in total. The molecule has 0 aliphatic carbocycles.